The van der Waals surface area contributed by atoms with Gasteiger partial charge in [0.2, 0.25) is 0 Å². The van der Waals surface area contributed by atoms with Crippen LogP contribution >= 0.6 is 11.8 Å². The predicted molar refractivity (Wildman–Crippen MR) is 107 cm³/mol. The Bertz CT molecular complexity index is 865. The second-order valence-corrected chi connectivity index (χ2v) is 8.38. The molecule has 0 spiro atoms. The van der Waals surface area contributed by atoms with Gasteiger partial charge in [-0.25, -0.2) is 0 Å². The molecule has 5 nitrogen and oxygen atoms in total. The third-order valence-electron chi connectivity index (χ3n) is 5.67. The molecule has 0 saturated carbocycles. The maximum absolute atomic E-state index is 13.0. The summed E-state index contributed by atoms with van der Waals surface area (Å²) in [7, 11) is 1.74. The number of pyridine rings is 1. The highest BCUT2D eigenvalue weighted by atomic mass is 32.2. The summed E-state index contributed by atoms with van der Waals surface area (Å²) in [6.07, 6.45) is 2.51. The standard InChI is InChI=1S/C20H25N3O2S/c1-21-18-5-3-2-4-15(18)14-17(19(21)24)20(25)23-10-8-22(9-11-23)16-6-12-26-13-7-16/h2-5,14,16H,6-13H2,1H3. The largest absolute Gasteiger partial charge is 0.336 e. The Hall–Kier alpha value is -1.79. The summed E-state index contributed by atoms with van der Waals surface area (Å²) in [5.41, 5.74) is 0.934. The maximum Gasteiger partial charge on any atom is 0.263 e. The summed E-state index contributed by atoms with van der Waals surface area (Å²) in [5.74, 6) is 2.36. The minimum Gasteiger partial charge on any atom is -0.336 e. The van der Waals surface area contributed by atoms with E-state index in [-0.39, 0.29) is 17.0 Å². The molecule has 2 aromatic rings. The van der Waals surface area contributed by atoms with Crippen molar-refractivity contribution in [3.05, 3.63) is 46.2 Å². The van der Waals surface area contributed by atoms with Crippen LogP contribution in [0.15, 0.2) is 35.1 Å². The minimum atomic E-state index is -0.208. The molecule has 4 rings (SSSR count). The van der Waals surface area contributed by atoms with Crippen LogP contribution in [0, 0.1) is 0 Å². The van der Waals surface area contributed by atoms with Gasteiger partial charge >= 0.3 is 0 Å². The molecule has 2 aliphatic rings. The van der Waals surface area contributed by atoms with E-state index < -0.39 is 0 Å². The zero-order valence-electron chi connectivity index (χ0n) is 15.2. The van der Waals surface area contributed by atoms with Crippen LogP contribution in [0.25, 0.3) is 10.9 Å². The first-order chi connectivity index (χ1) is 12.6. The summed E-state index contributed by atoms with van der Waals surface area (Å²) < 4.78 is 1.58. The number of benzene rings is 1. The van der Waals surface area contributed by atoms with Crippen molar-refractivity contribution in [3.8, 4) is 0 Å². The van der Waals surface area contributed by atoms with Crippen LogP contribution in [-0.4, -0.2) is 64.0 Å². The number of carbonyl (C=O) groups excluding carboxylic acids is 1. The van der Waals surface area contributed by atoms with Crippen molar-refractivity contribution < 1.29 is 4.79 Å². The normalized spacial score (nSPS) is 19.8. The highest BCUT2D eigenvalue weighted by molar-refractivity contribution is 7.99. The van der Waals surface area contributed by atoms with Crippen LogP contribution in [0.4, 0.5) is 0 Å². The Morgan fingerprint density at radius 2 is 1.77 bits per heavy atom. The van der Waals surface area contributed by atoms with Gasteiger partial charge in [0.1, 0.15) is 5.56 Å². The smallest absolute Gasteiger partial charge is 0.263 e. The highest BCUT2D eigenvalue weighted by Crippen LogP contribution is 2.23. The molecule has 26 heavy (non-hydrogen) atoms. The minimum absolute atomic E-state index is 0.129. The first kappa shape index (κ1) is 17.6. The first-order valence-electron chi connectivity index (χ1n) is 9.35. The number of rotatable bonds is 2. The molecular weight excluding hydrogens is 346 g/mol. The van der Waals surface area contributed by atoms with Crippen LogP contribution in [0.1, 0.15) is 23.2 Å². The lowest BCUT2D eigenvalue weighted by molar-refractivity contribution is 0.0557. The van der Waals surface area contributed by atoms with E-state index in [2.05, 4.69) is 4.90 Å². The molecule has 6 heteroatoms. The summed E-state index contributed by atoms with van der Waals surface area (Å²) in [6, 6.07) is 10.1. The number of thioether (sulfide) groups is 1. The average molecular weight is 372 g/mol. The Morgan fingerprint density at radius 1 is 1.08 bits per heavy atom. The average Bonchev–Trinajstić information content (AvgIpc) is 2.71. The monoisotopic (exact) mass is 371 g/mol. The third kappa shape index (κ3) is 3.28. The van der Waals surface area contributed by atoms with Crippen molar-refractivity contribution in [3.63, 3.8) is 0 Å². The van der Waals surface area contributed by atoms with Crippen molar-refractivity contribution in [2.75, 3.05) is 37.7 Å². The molecular formula is C20H25N3O2S. The number of aromatic nitrogens is 1. The first-order valence-corrected chi connectivity index (χ1v) is 10.5. The lowest BCUT2D eigenvalue weighted by atomic mass is 10.1. The van der Waals surface area contributed by atoms with Gasteiger partial charge in [-0.05, 0) is 41.9 Å². The highest BCUT2D eigenvalue weighted by Gasteiger charge is 2.28. The molecule has 1 aromatic heterocycles. The van der Waals surface area contributed by atoms with E-state index in [1.54, 1.807) is 17.7 Å². The maximum atomic E-state index is 13.0. The van der Waals surface area contributed by atoms with Gasteiger partial charge in [0.15, 0.2) is 0 Å². The number of piperazine rings is 1. The van der Waals surface area contributed by atoms with E-state index in [9.17, 15) is 9.59 Å². The number of para-hydroxylation sites is 1. The number of hydrogen-bond donors (Lipinski definition) is 0. The Balaban J connectivity index is 1.51. The van der Waals surface area contributed by atoms with Gasteiger partial charge in [-0.2, -0.15) is 11.8 Å². The van der Waals surface area contributed by atoms with Crippen LogP contribution in [0.2, 0.25) is 0 Å². The van der Waals surface area contributed by atoms with Crippen molar-refractivity contribution in [2.45, 2.75) is 18.9 Å². The van der Waals surface area contributed by atoms with Gasteiger partial charge in [0.25, 0.3) is 11.5 Å². The van der Waals surface area contributed by atoms with Crippen molar-refractivity contribution in [1.29, 1.82) is 0 Å². The Labute approximate surface area is 158 Å². The predicted octanol–water partition coefficient (Wildman–Crippen LogP) is 2.19. The Kier molecular flexibility index (Phi) is 5.05. The number of carbonyl (C=O) groups is 1. The van der Waals surface area contributed by atoms with Crippen molar-refractivity contribution >= 4 is 28.6 Å². The molecule has 0 atom stereocenters. The number of fused-ring (bicyclic) bond motifs is 1. The van der Waals surface area contributed by atoms with E-state index in [1.165, 1.54) is 24.3 Å². The van der Waals surface area contributed by atoms with E-state index >= 15 is 0 Å². The van der Waals surface area contributed by atoms with E-state index in [0.717, 1.165) is 24.0 Å². The van der Waals surface area contributed by atoms with Gasteiger partial charge in [0, 0.05) is 39.3 Å². The van der Waals surface area contributed by atoms with Gasteiger partial charge in [-0.1, -0.05) is 18.2 Å². The number of aryl methyl sites for hydroxylation is 1. The summed E-state index contributed by atoms with van der Waals surface area (Å²) in [4.78, 5) is 30.0. The van der Waals surface area contributed by atoms with Crippen molar-refractivity contribution in [2.24, 2.45) is 7.05 Å². The van der Waals surface area contributed by atoms with E-state index in [4.69, 9.17) is 0 Å². The molecule has 0 N–H and O–H groups in total. The SMILES string of the molecule is Cn1c(=O)c(C(=O)N2CCN(C3CCSCC3)CC2)cc2ccccc21. The molecule has 0 aliphatic carbocycles. The van der Waals surface area contributed by atoms with Gasteiger partial charge in [-0.15, -0.1) is 0 Å². The zero-order valence-corrected chi connectivity index (χ0v) is 16.0. The molecule has 2 aliphatic heterocycles. The fourth-order valence-electron chi connectivity index (χ4n) is 4.09. The second kappa shape index (κ2) is 7.45. The molecule has 0 unspecified atom stereocenters. The van der Waals surface area contributed by atoms with Crippen LogP contribution in [-0.2, 0) is 7.05 Å². The molecule has 3 heterocycles. The third-order valence-corrected chi connectivity index (χ3v) is 6.72. The van der Waals surface area contributed by atoms with Gasteiger partial charge in [0.05, 0.1) is 5.52 Å². The van der Waals surface area contributed by atoms with Gasteiger partial charge < -0.3 is 9.47 Å². The molecule has 2 saturated heterocycles. The number of nitrogens with zero attached hydrogens (tertiary/aromatic N) is 3. The van der Waals surface area contributed by atoms with E-state index in [0.29, 0.717) is 19.1 Å². The van der Waals surface area contributed by atoms with E-state index in [1.807, 2.05) is 40.9 Å². The fraction of sp³-hybridized carbons (Fsp3) is 0.500. The Morgan fingerprint density at radius 3 is 2.50 bits per heavy atom. The second-order valence-electron chi connectivity index (χ2n) is 7.15. The van der Waals surface area contributed by atoms with Crippen LogP contribution in [0.3, 0.4) is 0 Å². The summed E-state index contributed by atoms with van der Waals surface area (Å²) in [6.45, 7) is 3.24. The lowest BCUT2D eigenvalue weighted by Crippen LogP contribution is -2.53. The quantitative estimate of drug-likeness (QED) is 0.812. The topological polar surface area (TPSA) is 45.6 Å². The van der Waals surface area contributed by atoms with Gasteiger partial charge in [-0.3, -0.25) is 14.5 Å². The molecule has 138 valence electrons. The number of amides is 1. The summed E-state index contributed by atoms with van der Waals surface area (Å²) in [5, 5.41) is 0.927. The van der Waals surface area contributed by atoms with Crippen LogP contribution < -0.4 is 5.56 Å². The van der Waals surface area contributed by atoms with Crippen molar-refractivity contribution in [1.82, 2.24) is 14.4 Å². The molecule has 2 fully saturated rings. The molecule has 1 aromatic carbocycles. The molecule has 0 radical (unpaired) electrons. The lowest BCUT2D eigenvalue weighted by Gasteiger charge is -2.40. The summed E-state index contributed by atoms with van der Waals surface area (Å²) >= 11 is 2.04. The zero-order chi connectivity index (χ0) is 18.1. The molecule has 1 amide bonds. The number of hydrogen-bond acceptors (Lipinski definition) is 4. The fourth-order valence-corrected chi connectivity index (χ4v) is 5.17. The molecule has 0 bridgehead atoms. The van der Waals surface area contributed by atoms with Crippen LogP contribution in [0.5, 0.6) is 0 Å².